The maximum atomic E-state index is 13.6. The smallest absolute Gasteiger partial charge is 0.249 e. The van der Waals surface area contributed by atoms with Crippen molar-refractivity contribution in [3.8, 4) is 0 Å². The van der Waals surface area contributed by atoms with E-state index >= 15 is 0 Å². The van der Waals surface area contributed by atoms with Gasteiger partial charge in [0.1, 0.15) is 18.1 Å². The third-order valence-corrected chi connectivity index (χ3v) is 3.42. The zero-order valence-electron chi connectivity index (χ0n) is 27.3. The molecule has 26 heavy (non-hydrogen) atoms. The average molecular weight is 375 g/mol. The van der Waals surface area contributed by atoms with Gasteiger partial charge in [0, 0.05) is 23.1 Å². The molecule has 0 fully saturated rings. The minimum Gasteiger partial charge on any atom is -0.383 e. The normalized spacial score (nSPS) is 35.0. The molecule has 0 aliphatic carbocycles. The molecule has 0 saturated carbocycles. The van der Waals surface area contributed by atoms with Gasteiger partial charge in [-0.2, -0.15) is 0 Å². The quantitative estimate of drug-likeness (QED) is 0.694. The molecule has 0 radical (unpaired) electrons. The van der Waals surface area contributed by atoms with Crippen molar-refractivity contribution in [2.75, 3.05) is 13.5 Å². The first-order valence-electron chi connectivity index (χ1n) is 14.1. The van der Waals surface area contributed by atoms with Crippen molar-refractivity contribution in [3.63, 3.8) is 0 Å². The topological polar surface area (TPSA) is 98.7 Å². The van der Waals surface area contributed by atoms with Gasteiger partial charge in [-0.05, 0) is 30.3 Å². The number of likely N-dealkylation sites (N-methyl/N-ethyl adjacent to an activating group) is 1. The largest absolute Gasteiger partial charge is 0.383 e. The summed E-state index contributed by atoms with van der Waals surface area (Å²) in [6.45, 7) is -3.96. The van der Waals surface area contributed by atoms with Crippen LogP contribution < -0.4 is 10.6 Å². The fourth-order valence-corrected chi connectivity index (χ4v) is 1.92. The van der Waals surface area contributed by atoms with Gasteiger partial charge in [0.2, 0.25) is 17.7 Å². The van der Waals surface area contributed by atoms with Crippen LogP contribution in [0.15, 0.2) is 24.2 Å². The summed E-state index contributed by atoms with van der Waals surface area (Å²) in [4.78, 5) is 38.4. The lowest BCUT2D eigenvalue weighted by molar-refractivity contribution is -0.137. The summed E-state index contributed by atoms with van der Waals surface area (Å²) < 4.78 is 105. The molecule has 142 valence electrons. The zero-order valence-corrected chi connectivity index (χ0v) is 14.3. The van der Waals surface area contributed by atoms with Crippen molar-refractivity contribution in [2.45, 2.75) is 45.3 Å². The maximum Gasteiger partial charge on any atom is 0.249 e. The number of fused-ring (bicyclic) bond motifs is 1. The summed E-state index contributed by atoms with van der Waals surface area (Å²) in [5.74, 6) is -5.84. The molecule has 2 rings (SSSR count). The van der Waals surface area contributed by atoms with Crippen LogP contribution in [0.1, 0.15) is 55.7 Å². The molecular formula is C19H27N3O4. The van der Waals surface area contributed by atoms with Gasteiger partial charge in [0.05, 0.1) is 8.22 Å². The molecule has 0 bridgehead atoms. The number of nitrogens with one attached hydrogen (secondary N) is 2. The Morgan fingerprint density at radius 2 is 2.12 bits per heavy atom. The molecule has 0 unspecified atom stereocenters. The highest BCUT2D eigenvalue weighted by Gasteiger charge is 2.32. The first-order chi connectivity index (χ1) is 17.3. The van der Waals surface area contributed by atoms with Gasteiger partial charge in [-0.15, -0.1) is 0 Å². The molecule has 1 aromatic rings. The number of carbonyl (C=O) groups is 3. The van der Waals surface area contributed by atoms with Crippen LogP contribution in [0.2, 0.25) is 0 Å². The first kappa shape index (κ1) is 8.52. The maximum absolute atomic E-state index is 13.6. The Kier molecular flexibility index (Phi) is 2.72. The minimum absolute atomic E-state index is 0.621. The highest BCUT2D eigenvalue weighted by Crippen LogP contribution is 2.24. The van der Waals surface area contributed by atoms with E-state index < -0.39 is 102 Å². The molecule has 1 aromatic carbocycles. The number of carbonyl (C=O) groups excluding carboxylic acids is 3. The van der Waals surface area contributed by atoms with Gasteiger partial charge < -0.3 is 20.6 Å². The number of nitrogens with zero attached hydrogens (tertiary/aromatic N) is 1. The van der Waals surface area contributed by atoms with Crippen LogP contribution in [0.5, 0.6) is 0 Å². The van der Waals surface area contributed by atoms with Crippen LogP contribution in [0.4, 0.5) is 0 Å². The van der Waals surface area contributed by atoms with Crippen LogP contribution in [-0.4, -0.2) is 53.3 Å². The van der Waals surface area contributed by atoms with Gasteiger partial charge in [-0.3, -0.25) is 14.4 Å². The molecular weight excluding hydrogens is 334 g/mol. The monoisotopic (exact) mass is 374 g/mol. The molecule has 1 heterocycles. The standard InChI is InChI=1S/C19H27N3O4/c1-11(2)16(23)18(25)20-12(3)17(24)21-15-14-8-6-5-7-13(14)9-10-22(4)19(15)26/h5-8,11-12,15-16,23H,9-10H2,1-4H3,(H,20,25)(H,21,24)/t12-,15-,16-/m0/s1/i4D3,5D,6D,7D,8D,9D2,10D2,15D,16D. The van der Waals surface area contributed by atoms with E-state index in [0.717, 1.165) is 6.92 Å². The highest BCUT2D eigenvalue weighted by atomic mass is 16.3. The number of aliphatic hydroxyl groups is 1. The Hall–Kier alpha value is -2.41. The number of hydrogen-bond donors (Lipinski definition) is 3. The lowest BCUT2D eigenvalue weighted by Gasteiger charge is -2.24. The first-order valence-corrected chi connectivity index (χ1v) is 7.60. The summed E-state index contributed by atoms with van der Waals surface area (Å²) >= 11 is 0. The van der Waals surface area contributed by atoms with Crippen LogP contribution in [0, 0.1) is 5.92 Å². The van der Waals surface area contributed by atoms with Crippen molar-refractivity contribution in [1.82, 2.24) is 15.5 Å². The van der Waals surface area contributed by atoms with E-state index in [1.807, 2.05) is 5.32 Å². The molecule has 1 aliphatic heterocycles. The van der Waals surface area contributed by atoms with E-state index in [-0.39, 0.29) is 0 Å². The third kappa shape index (κ3) is 4.40. The minimum atomic E-state index is -3.84. The van der Waals surface area contributed by atoms with Crippen molar-refractivity contribution < 1.29 is 37.3 Å². The molecule has 7 nitrogen and oxygen atoms in total. The lowest BCUT2D eigenvalue weighted by Crippen LogP contribution is -2.51. The summed E-state index contributed by atoms with van der Waals surface area (Å²) in [5, 5.41) is 13.8. The predicted octanol–water partition coefficient (Wildman–Crippen LogP) is 0.380. The Bertz CT molecular complexity index is 1220. The highest BCUT2D eigenvalue weighted by molar-refractivity contribution is 5.93. The fraction of sp³-hybridized carbons (Fsp3) is 0.526. The van der Waals surface area contributed by atoms with Crippen molar-refractivity contribution in [1.29, 1.82) is 0 Å². The second-order valence-electron chi connectivity index (χ2n) is 5.73. The molecule has 0 saturated heterocycles. The molecule has 3 N–H and O–H groups in total. The van der Waals surface area contributed by atoms with Crippen LogP contribution in [-0.2, 0) is 20.8 Å². The van der Waals surface area contributed by atoms with Gasteiger partial charge in [-0.1, -0.05) is 38.0 Å². The van der Waals surface area contributed by atoms with Crippen LogP contribution >= 0.6 is 0 Å². The summed E-state index contributed by atoms with van der Waals surface area (Å²) in [6, 6.07) is -9.90. The average Bonchev–Trinajstić information content (AvgIpc) is 2.80. The molecule has 0 spiro atoms. The van der Waals surface area contributed by atoms with E-state index in [1.165, 1.54) is 13.8 Å². The number of hydrogen-bond acceptors (Lipinski definition) is 4. The second kappa shape index (κ2) is 8.31. The third-order valence-electron chi connectivity index (χ3n) is 3.42. The van der Waals surface area contributed by atoms with Crippen LogP contribution in [0.3, 0.4) is 0 Å². The van der Waals surface area contributed by atoms with Crippen molar-refractivity contribution in [3.05, 3.63) is 35.3 Å². The van der Waals surface area contributed by atoms with Gasteiger partial charge >= 0.3 is 0 Å². The Morgan fingerprint density at radius 3 is 2.77 bits per heavy atom. The van der Waals surface area contributed by atoms with E-state index in [0.29, 0.717) is 0 Å². The van der Waals surface area contributed by atoms with Gasteiger partial charge in [-0.25, -0.2) is 0 Å². The van der Waals surface area contributed by atoms with E-state index in [2.05, 4.69) is 0 Å². The molecule has 3 amide bonds. The second-order valence-corrected chi connectivity index (χ2v) is 5.73. The Labute approximate surface area is 172 Å². The molecule has 3 atom stereocenters. The molecule has 7 heteroatoms. The zero-order chi connectivity index (χ0) is 30.8. The predicted molar refractivity (Wildman–Crippen MR) is 97.1 cm³/mol. The van der Waals surface area contributed by atoms with E-state index in [1.54, 1.807) is 5.32 Å². The summed E-state index contributed by atoms with van der Waals surface area (Å²) in [5.41, 5.74) is -2.52. The molecule has 1 aliphatic rings. The fourth-order valence-electron chi connectivity index (χ4n) is 1.92. The van der Waals surface area contributed by atoms with Crippen molar-refractivity contribution in [2.24, 2.45) is 5.92 Å². The number of amides is 3. The molecule has 0 aromatic heterocycles. The SMILES string of the molecule is [2H]c1c([2H])c([2H])c2c(c1[2H])C([2H])([2H])C([2H])([2H])N(C([2H])([2H])[2H])C(=O)[C@@]2([2H])NC(=O)[C@H](C)NC(=O)[C@@]([2H])(O)C(C)C. The van der Waals surface area contributed by atoms with E-state index in [4.69, 9.17) is 17.8 Å². The summed E-state index contributed by atoms with van der Waals surface area (Å²) in [6.07, 6.45) is -6.36. The lowest BCUT2D eigenvalue weighted by atomic mass is 9.99. The van der Waals surface area contributed by atoms with Crippen molar-refractivity contribution >= 4 is 17.7 Å². The van der Waals surface area contributed by atoms with Gasteiger partial charge in [0.15, 0.2) is 0 Å². The Morgan fingerprint density at radius 1 is 1.42 bits per heavy atom. The van der Waals surface area contributed by atoms with Crippen LogP contribution in [0.25, 0.3) is 0 Å². The summed E-state index contributed by atoms with van der Waals surface area (Å²) in [7, 11) is 0. The van der Waals surface area contributed by atoms with E-state index in [9.17, 15) is 19.5 Å². The number of rotatable bonds is 5. The Balaban J connectivity index is 2.86. The van der Waals surface area contributed by atoms with Gasteiger partial charge in [0.25, 0.3) is 0 Å². The number of benzene rings is 1.